The van der Waals surface area contributed by atoms with Crippen LogP contribution >= 0.6 is 0 Å². The maximum atomic E-state index is 13.2. The average Bonchev–Trinajstić information content (AvgIpc) is 3.10. The number of aliphatic hydroxyl groups is 1. The standard InChI is InChI=1S/C26H23N3O5/c1-3-34-21-12-6-17(7-13-21)24(31)22-23(18-5-4-14-27-15-18)29(26(33)25(22)32)20-10-8-19(9-11-20)28-16(2)30/h4-15,23,31H,3H2,1-2H3,(H,28,30)/b24-22-. The summed E-state index contributed by atoms with van der Waals surface area (Å²) in [5, 5.41) is 13.8. The molecule has 1 atom stereocenters. The van der Waals surface area contributed by atoms with Gasteiger partial charge < -0.3 is 15.2 Å². The number of ketones is 1. The molecule has 1 aromatic heterocycles. The molecule has 4 rings (SSSR count). The van der Waals surface area contributed by atoms with E-state index >= 15 is 0 Å². The van der Waals surface area contributed by atoms with Gasteiger partial charge in [-0.25, -0.2) is 0 Å². The Balaban J connectivity index is 1.82. The second kappa shape index (κ2) is 9.58. The Morgan fingerprint density at radius 1 is 1.09 bits per heavy atom. The maximum Gasteiger partial charge on any atom is 0.300 e. The molecule has 8 heteroatoms. The van der Waals surface area contributed by atoms with Crippen LogP contribution in [0.4, 0.5) is 11.4 Å². The number of ether oxygens (including phenoxy) is 1. The second-order valence-corrected chi connectivity index (χ2v) is 7.64. The quantitative estimate of drug-likeness (QED) is 0.328. The van der Waals surface area contributed by atoms with Crippen LogP contribution in [0.3, 0.4) is 0 Å². The molecule has 1 unspecified atom stereocenters. The Labute approximate surface area is 196 Å². The van der Waals surface area contributed by atoms with Gasteiger partial charge in [0.25, 0.3) is 11.7 Å². The van der Waals surface area contributed by atoms with E-state index in [2.05, 4.69) is 10.3 Å². The van der Waals surface area contributed by atoms with E-state index in [9.17, 15) is 19.5 Å². The molecule has 1 saturated heterocycles. The third-order valence-corrected chi connectivity index (χ3v) is 5.35. The van der Waals surface area contributed by atoms with Gasteiger partial charge in [-0.15, -0.1) is 0 Å². The van der Waals surface area contributed by atoms with Gasteiger partial charge >= 0.3 is 0 Å². The summed E-state index contributed by atoms with van der Waals surface area (Å²) >= 11 is 0. The first kappa shape index (κ1) is 22.7. The van der Waals surface area contributed by atoms with E-state index in [1.165, 1.54) is 11.8 Å². The molecule has 1 fully saturated rings. The van der Waals surface area contributed by atoms with E-state index in [0.717, 1.165) is 0 Å². The number of hydrogen-bond donors (Lipinski definition) is 2. The summed E-state index contributed by atoms with van der Waals surface area (Å²) in [6.45, 7) is 3.76. The lowest BCUT2D eigenvalue weighted by Crippen LogP contribution is -2.29. The molecule has 2 N–H and O–H groups in total. The van der Waals surface area contributed by atoms with Gasteiger partial charge in [0, 0.05) is 36.3 Å². The maximum absolute atomic E-state index is 13.2. The topological polar surface area (TPSA) is 109 Å². The van der Waals surface area contributed by atoms with Gasteiger partial charge in [-0.3, -0.25) is 24.3 Å². The second-order valence-electron chi connectivity index (χ2n) is 7.64. The van der Waals surface area contributed by atoms with Crippen LogP contribution in [0, 0.1) is 0 Å². The number of Topliss-reactive ketones (excluding diaryl/α,β-unsaturated/α-hetero) is 1. The molecule has 2 heterocycles. The molecule has 0 radical (unpaired) electrons. The van der Waals surface area contributed by atoms with Crippen molar-refractivity contribution in [3.05, 3.63) is 89.8 Å². The highest BCUT2D eigenvalue weighted by Gasteiger charge is 2.47. The van der Waals surface area contributed by atoms with Crippen molar-refractivity contribution in [1.29, 1.82) is 0 Å². The molecule has 1 aliphatic heterocycles. The first-order valence-corrected chi connectivity index (χ1v) is 10.7. The Morgan fingerprint density at radius 2 is 1.79 bits per heavy atom. The summed E-state index contributed by atoms with van der Waals surface area (Å²) in [6, 6.07) is 15.8. The van der Waals surface area contributed by atoms with Gasteiger partial charge in [-0.1, -0.05) is 6.07 Å². The highest BCUT2D eigenvalue weighted by molar-refractivity contribution is 6.51. The number of benzene rings is 2. The summed E-state index contributed by atoms with van der Waals surface area (Å²) in [6.07, 6.45) is 3.14. The number of anilines is 2. The fourth-order valence-corrected chi connectivity index (χ4v) is 3.89. The van der Waals surface area contributed by atoms with E-state index < -0.39 is 17.7 Å². The van der Waals surface area contributed by atoms with Crippen LogP contribution in [0.1, 0.15) is 31.0 Å². The molecule has 34 heavy (non-hydrogen) atoms. The van der Waals surface area contributed by atoms with E-state index in [0.29, 0.717) is 34.9 Å². The molecule has 3 aromatic rings. The van der Waals surface area contributed by atoms with E-state index in [1.54, 1.807) is 73.1 Å². The number of nitrogens with one attached hydrogen (secondary N) is 1. The summed E-state index contributed by atoms with van der Waals surface area (Å²) in [4.78, 5) is 43.1. The van der Waals surface area contributed by atoms with Crippen molar-refractivity contribution < 1.29 is 24.2 Å². The predicted octanol–water partition coefficient (Wildman–Crippen LogP) is 4.07. The number of hydrogen-bond acceptors (Lipinski definition) is 6. The monoisotopic (exact) mass is 457 g/mol. The van der Waals surface area contributed by atoms with E-state index in [1.807, 2.05) is 6.92 Å². The van der Waals surface area contributed by atoms with Crippen molar-refractivity contribution in [3.63, 3.8) is 0 Å². The molecule has 1 aliphatic rings. The van der Waals surface area contributed by atoms with Crippen molar-refractivity contribution in [2.24, 2.45) is 0 Å². The van der Waals surface area contributed by atoms with Crippen LogP contribution in [-0.4, -0.2) is 34.3 Å². The third kappa shape index (κ3) is 4.38. The fourth-order valence-electron chi connectivity index (χ4n) is 3.89. The minimum atomic E-state index is -0.883. The van der Waals surface area contributed by atoms with Gasteiger partial charge in [0.05, 0.1) is 18.2 Å². The van der Waals surface area contributed by atoms with Crippen LogP contribution < -0.4 is 15.0 Å². The zero-order valence-electron chi connectivity index (χ0n) is 18.7. The van der Waals surface area contributed by atoms with Crippen molar-refractivity contribution >= 4 is 34.7 Å². The van der Waals surface area contributed by atoms with Crippen molar-refractivity contribution in [2.45, 2.75) is 19.9 Å². The highest BCUT2D eigenvalue weighted by atomic mass is 16.5. The molecule has 8 nitrogen and oxygen atoms in total. The minimum Gasteiger partial charge on any atom is -0.507 e. The zero-order chi connectivity index (χ0) is 24.2. The molecular formula is C26H23N3O5. The normalized spacial score (nSPS) is 17.0. The third-order valence-electron chi connectivity index (χ3n) is 5.35. The molecule has 0 bridgehead atoms. The molecule has 2 aromatic carbocycles. The average molecular weight is 457 g/mol. The number of carbonyl (C=O) groups is 3. The first-order valence-electron chi connectivity index (χ1n) is 10.7. The van der Waals surface area contributed by atoms with E-state index in [-0.39, 0.29) is 17.2 Å². The van der Waals surface area contributed by atoms with Crippen molar-refractivity contribution in [2.75, 3.05) is 16.8 Å². The van der Waals surface area contributed by atoms with Gasteiger partial charge in [0.15, 0.2) is 0 Å². The number of aliphatic hydroxyl groups excluding tert-OH is 1. The summed E-state index contributed by atoms with van der Waals surface area (Å²) in [7, 11) is 0. The zero-order valence-corrected chi connectivity index (χ0v) is 18.7. The highest BCUT2D eigenvalue weighted by Crippen LogP contribution is 2.42. The first-order chi connectivity index (χ1) is 16.4. The Morgan fingerprint density at radius 3 is 2.38 bits per heavy atom. The van der Waals surface area contributed by atoms with Crippen LogP contribution in [0.2, 0.25) is 0 Å². The smallest absolute Gasteiger partial charge is 0.300 e. The number of carbonyl (C=O) groups excluding carboxylic acids is 3. The lowest BCUT2D eigenvalue weighted by molar-refractivity contribution is -0.132. The van der Waals surface area contributed by atoms with Gasteiger partial charge in [0.1, 0.15) is 11.5 Å². The Hall–Kier alpha value is -4.46. The number of amides is 2. The number of nitrogens with zero attached hydrogens (tertiary/aromatic N) is 2. The summed E-state index contributed by atoms with van der Waals surface area (Å²) < 4.78 is 5.44. The summed E-state index contributed by atoms with van der Waals surface area (Å²) in [5.41, 5.74) is 1.92. The molecule has 0 spiro atoms. The lowest BCUT2D eigenvalue weighted by atomic mass is 9.96. The molecule has 0 saturated carbocycles. The molecule has 2 amide bonds. The van der Waals surface area contributed by atoms with Gasteiger partial charge in [0.2, 0.25) is 5.91 Å². The van der Waals surface area contributed by atoms with Crippen molar-refractivity contribution in [3.8, 4) is 5.75 Å². The van der Waals surface area contributed by atoms with Crippen LogP contribution in [0.25, 0.3) is 5.76 Å². The van der Waals surface area contributed by atoms with Gasteiger partial charge in [-0.05, 0) is 67.1 Å². The number of aromatic nitrogens is 1. The Bertz CT molecular complexity index is 1250. The Kier molecular flexibility index (Phi) is 6.40. The van der Waals surface area contributed by atoms with Crippen molar-refractivity contribution in [1.82, 2.24) is 4.98 Å². The molecular weight excluding hydrogens is 434 g/mol. The largest absolute Gasteiger partial charge is 0.507 e. The van der Waals surface area contributed by atoms with E-state index in [4.69, 9.17) is 4.74 Å². The SMILES string of the molecule is CCOc1ccc(/C(O)=C2/C(=O)C(=O)N(c3ccc(NC(C)=O)cc3)C2c2cccnc2)cc1. The number of pyridine rings is 1. The molecule has 172 valence electrons. The van der Waals surface area contributed by atoms with Crippen LogP contribution in [0.15, 0.2) is 78.6 Å². The van der Waals surface area contributed by atoms with Crippen LogP contribution in [0.5, 0.6) is 5.75 Å². The fraction of sp³-hybridized carbons (Fsp3) is 0.154. The number of rotatable bonds is 6. The predicted molar refractivity (Wildman–Crippen MR) is 127 cm³/mol. The minimum absolute atomic E-state index is 0.0342. The van der Waals surface area contributed by atoms with Gasteiger partial charge in [-0.2, -0.15) is 0 Å². The lowest BCUT2D eigenvalue weighted by Gasteiger charge is -2.25. The molecule has 0 aliphatic carbocycles. The summed E-state index contributed by atoms with van der Waals surface area (Å²) in [5.74, 6) is -1.45. The van der Waals surface area contributed by atoms with Crippen LogP contribution in [-0.2, 0) is 14.4 Å².